The maximum absolute atomic E-state index is 13.5. The number of nitrogen functional groups attached to an aromatic ring is 1. The van der Waals surface area contributed by atoms with Crippen molar-refractivity contribution in [3.05, 3.63) is 24.1 Å². The van der Waals surface area contributed by atoms with E-state index in [4.69, 9.17) is 10.5 Å². The lowest BCUT2D eigenvalue weighted by molar-refractivity contribution is 0.366. The van der Waals surface area contributed by atoms with E-state index in [0.29, 0.717) is 11.1 Å². The van der Waals surface area contributed by atoms with Crippen LogP contribution in [0.15, 0.2) is 22.9 Å². The number of hydrogen-bond acceptors (Lipinski definition) is 5. The van der Waals surface area contributed by atoms with Gasteiger partial charge in [0.15, 0.2) is 11.5 Å². The van der Waals surface area contributed by atoms with Gasteiger partial charge in [-0.15, -0.1) is 0 Å². The Hall–Kier alpha value is -2.24. The van der Waals surface area contributed by atoms with Crippen LogP contribution in [0.4, 0.5) is 10.3 Å². The molecule has 0 spiro atoms. The fourth-order valence-electron chi connectivity index (χ4n) is 1.41. The molecule has 1 aromatic heterocycles. The maximum Gasteiger partial charge on any atom is 0.230 e. The fraction of sp³-hybridized carbons (Fsp3) is 0.100. The molecule has 6 heteroatoms. The van der Waals surface area contributed by atoms with E-state index in [9.17, 15) is 9.50 Å². The number of phenolic OH excluding ortho intramolecular Hbond substituents is 1. The van der Waals surface area contributed by atoms with Crippen molar-refractivity contribution in [2.45, 2.75) is 0 Å². The molecule has 0 unspecified atom stereocenters. The van der Waals surface area contributed by atoms with Crippen molar-refractivity contribution in [3.63, 3.8) is 0 Å². The molecule has 16 heavy (non-hydrogen) atoms. The van der Waals surface area contributed by atoms with Crippen LogP contribution in [0.2, 0.25) is 0 Å². The van der Waals surface area contributed by atoms with Crippen molar-refractivity contribution in [1.29, 1.82) is 0 Å². The molecular formula is C10H9FN2O3. The summed E-state index contributed by atoms with van der Waals surface area (Å²) in [6, 6.07) is 2.68. The summed E-state index contributed by atoms with van der Waals surface area (Å²) in [6.07, 6.45) is 1.35. The predicted octanol–water partition coefficient (Wildman–Crippen LogP) is 1.78. The number of anilines is 1. The molecule has 0 radical (unpaired) electrons. The first-order valence-corrected chi connectivity index (χ1v) is 4.41. The number of ether oxygens (including phenoxy) is 1. The Bertz CT molecular complexity index is 525. The number of halogens is 1. The summed E-state index contributed by atoms with van der Waals surface area (Å²) in [7, 11) is 1.30. The Labute approximate surface area is 90.2 Å². The number of hydrogen-bond donors (Lipinski definition) is 2. The van der Waals surface area contributed by atoms with Gasteiger partial charge in [0.2, 0.25) is 11.7 Å². The summed E-state index contributed by atoms with van der Waals surface area (Å²) >= 11 is 0. The third-order valence-corrected chi connectivity index (χ3v) is 2.17. The van der Waals surface area contributed by atoms with Crippen molar-refractivity contribution in [2.75, 3.05) is 12.8 Å². The number of benzene rings is 1. The molecule has 3 N–H and O–H groups in total. The van der Waals surface area contributed by atoms with Crippen LogP contribution in [0.1, 0.15) is 0 Å². The van der Waals surface area contributed by atoms with Crippen molar-refractivity contribution in [1.82, 2.24) is 5.16 Å². The summed E-state index contributed by atoms with van der Waals surface area (Å²) in [6.45, 7) is 0. The first-order valence-electron chi connectivity index (χ1n) is 4.41. The lowest BCUT2D eigenvalue weighted by atomic mass is 10.1. The number of methoxy groups -OCH3 is 1. The van der Waals surface area contributed by atoms with Crippen LogP contribution >= 0.6 is 0 Å². The molecule has 2 aromatic rings. The molecule has 0 bridgehead atoms. The van der Waals surface area contributed by atoms with Gasteiger partial charge >= 0.3 is 0 Å². The van der Waals surface area contributed by atoms with Crippen LogP contribution in [0, 0.1) is 5.82 Å². The molecule has 1 aromatic carbocycles. The average Bonchev–Trinajstić information content (AvgIpc) is 2.68. The molecule has 0 amide bonds. The zero-order valence-corrected chi connectivity index (χ0v) is 8.40. The highest BCUT2D eigenvalue weighted by atomic mass is 19.1. The van der Waals surface area contributed by atoms with E-state index in [2.05, 4.69) is 9.68 Å². The maximum atomic E-state index is 13.5. The van der Waals surface area contributed by atoms with Crippen molar-refractivity contribution >= 4 is 5.88 Å². The van der Waals surface area contributed by atoms with Crippen molar-refractivity contribution in [2.24, 2.45) is 0 Å². The topological polar surface area (TPSA) is 81.5 Å². The van der Waals surface area contributed by atoms with Gasteiger partial charge in [0.25, 0.3) is 0 Å². The van der Waals surface area contributed by atoms with Crippen LogP contribution in [0.5, 0.6) is 11.5 Å². The van der Waals surface area contributed by atoms with Crippen molar-refractivity contribution < 1.29 is 18.8 Å². The Morgan fingerprint density at radius 2 is 2.19 bits per heavy atom. The number of aromatic nitrogens is 1. The lowest BCUT2D eigenvalue weighted by Crippen LogP contribution is -1.93. The van der Waals surface area contributed by atoms with E-state index in [1.54, 1.807) is 0 Å². The van der Waals surface area contributed by atoms with E-state index in [-0.39, 0.29) is 11.6 Å². The van der Waals surface area contributed by atoms with Gasteiger partial charge in [0.1, 0.15) is 0 Å². The molecule has 0 saturated carbocycles. The number of aromatic hydroxyl groups is 1. The average molecular weight is 224 g/mol. The quantitative estimate of drug-likeness (QED) is 0.812. The van der Waals surface area contributed by atoms with Gasteiger partial charge in [0, 0.05) is 5.56 Å². The van der Waals surface area contributed by atoms with Crippen LogP contribution in [0.3, 0.4) is 0 Å². The van der Waals surface area contributed by atoms with Crippen LogP contribution < -0.4 is 10.5 Å². The second-order valence-corrected chi connectivity index (χ2v) is 3.08. The van der Waals surface area contributed by atoms with Crippen LogP contribution in [-0.2, 0) is 0 Å². The monoisotopic (exact) mass is 224 g/mol. The van der Waals surface area contributed by atoms with Gasteiger partial charge in [-0.25, -0.2) is 0 Å². The second kappa shape index (κ2) is 3.73. The van der Waals surface area contributed by atoms with Gasteiger partial charge in [-0.1, -0.05) is 5.16 Å². The summed E-state index contributed by atoms with van der Waals surface area (Å²) < 4.78 is 23.1. The van der Waals surface area contributed by atoms with E-state index >= 15 is 0 Å². The molecule has 0 atom stereocenters. The molecule has 0 aliphatic heterocycles. The molecular weight excluding hydrogens is 215 g/mol. The number of phenols is 1. The third-order valence-electron chi connectivity index (χ3n) is 2.17. The van der Waals surface area contributed by atoms with Gasteiger partial charge in [-0.3, -0.25) is 0 Å². The Morgan fingerprint density at radius 3 is 2.75 bits per heavy atom. The zero-order valence-electron chi connectivity index (χ0n) is 8.40. The summed E-state index contributed by atoms with van der Waals surface area (Å²) in [5.41, 5.74) is 6.30. The molecule has 1 heterocycles. The molecule has 0 aliphatic rings. The third kappa shape index (κ3) is 1.44. The van der Waals surface area contributed by atoms with E-state index < -0.39 is 11.6 Å². The smallest absolute Gasteiger partial charge is 0.230 e. The number of nitrogens with two attached hydrogens (primary N) is 1. The normalized spacial score (nSPS) is 10.4. The molecule has 2 rings (SSSR count). The van der Waals surface area contributed by atoms with Gasteiger partial charge in [0.05, 0.1) is 18.9 Å². The minimum atomic E-state index is -0.847. The summed E-state index contributed by atoms with van der Waals surface area (Å²) in [4.78, 5) is 0. The Kier molecular flexibility index (Phi) is 2.40. The summed E-state index contributed by atoms with van der Waals surface area (Å²) in [5.74, 6) is -1.38. The molecule has 84 valence electrons. The highest BCUT2D eigenvalue weighted by Crippen LogP contribution is 2.38. The first kappa shape index (κ1) is 10.3. The van der Waals surface area contributed by atoms with Crippen LogP contribution in [-0.4, -0.2) is 17.4 Å². The van der Waals surface area contributed by atoms with Crippen LogP contribution in [0.25, 0.3) is 11.1 Å². The predicted molar refractivity (Wildman–Crippen MR) is 54.5 cm³/mol. The van der Waals surface area contributed by atoms with Gasteiger partial charge in [-0.2, -0.15) is 4.39 Å². The highest BCUT2D eigenvalue weighted by Gasteiger charge is 2.18. The minimum Gasteiger partial charge on any atom is -0.505 e. The highest BCUT2D eigenvalue weighted by molar-refractivity contribution is 5.77. The number of nitrogens with zero attached hydrogens (tertiary/aromatic N) is 1. The summed E-state index contributed by atoms with van der Waals surface area (Å²) in [5, 5.41) is 12.7. The molecule has 0 aliphatic carbocycles. The largest absolute Gasteiger partial charge is 0.505 e. The zero-order chi connectivity index (χ0) is 11.7. The first-order chi connectivity index (χ1) is 7.65. The van der Waals surface area contributed by atoms with E-state index in [0.717, 1.165) is 0 Å². The van der Waals surface area contributed by atoms with E-state index in [1.165, 1.54) is 25.4 Å². The van der Waals surface area contributed by atoms with Gasteiger partial charge in [-0.05, 0) is 12.1 Å². The standard InChI is InChI=1S/C10H9FN2O3/c1-15-9-5(2-3-7(14)8(9)11)6-4-13-16-10(6)12/h2-4,14H,12H2,1H3. The SMILES string of the molecule is COc1c(-c2cnoc2N)ccc(O)c1F. The van der Waals surface area contributed by atoms with Crippen molar-refractivity contribution in [3.8, 4) is 22.6 Å². The molecule has 0 fully saturated rings. The second-order valence-electron chi connectivity index (χ2n) is 3.08. The number of rotatable bonds is 2. The van der Waals surface area contributed by atoms with Gasteiger partial charge < -0.3 is 20.1 Å². The van der Waals surface area contributed by atoms with E-state index in [1.807, 2.05) is 0 Å². The Morgan fingerprint density at radius 1 is 1.44 bits per heavy atom. The Balaban J connectivity index is 2.66. The molecule has 0 saturated heterocycles. The minimum absolute atomic E-state index is 0.0587. The lowest BCUT2D eigenvalue weighted by Gasteiger charge is -2.08. The molecule has 5 nitrogen and oxygen atoms in total. The fourth-order valence-corrected chi connectivity index (χ4v) is 1.41.